The number of carboxylic acid groups (broad SMARTS) is 1. The van der Waals surface area contributed by atoms with Crippen molar-refractivity contribution in [3.63, 3.8) is 0 Å². The topological polar surface area (TPSA) is 63.1 Å². The van der Waals surface area contributed by atoms with Crippen LogP contribution in [-0.4, -0.2) is 21.0 Å². The highest BCUT2D eigenvalue weighted by molar-refractivity contribution is 7.98. The minimum absolute atomic E-state index is 0.300. The van der Waals surface area contributed by atoms with Crippen molar-refractivity contribution in [1.82, 2.24) is 9.97 Å². The zero-order valence-corrected chi connectivity index (χ0v) is 9.72. The zero-order valence-electron chi connectivity index (χ0n) is 8.91. The third-order valence-electron chi connectivity index (χ3n) is 2.08. The van der Waals surface area contributed by atoms with Crippen LogP contribution >= 0.6 is 11.8 Å². The highest BCUT2D eigenvalue weighted by Gasteiger charge is 2.04. The van der Waals surface area contributed by atoms with Crippen LogP contribution in [0.25, 0.3) is 0 Å². The quantitative estimate of drug-likeness (QED) is 0.839. The van der Waals surface area contributed by atoms with Crippen LogP contribution in [0, 0.1) is 0 Å². The first-order chi connectivity index (χ1) is 8.25. The van der Waals surface area contributed by atoms with Crippen LogP contribution in [0.5, 0.6) is 0 Å². The first kappa shape index (κ1) is 11.6. The molecule has 4 nitrogen and oxygen atoms in total. The molecule has 1 aromatic carbocycles. The van der Waals surface area contributed by atoms with Gasteiger partial charge in [-0.15, -0.1) is 11.8 Å². The molecule has 0 spiro atoms. The second-order valence-corrected chi connectivity index (χ2v) is 4.37. The summed E-state index contributed by atoms with van der Waals surface area (Å²) in [6.07, 6.45) is 4.97. The van der Waals surface area contributed by atoms with Gasteiger partial charge in [0.1, 0.15) is 0 Å². The molecule has 0 amide bonds. The van der Waals surface area contributed by atoms with Gasteiger partial charge in [-0.05, 0) is 18.2 Å². The monoisotopic (exact) mass is 246 g/mol. The number of benzene rings is 1. The summed E-state index contributed by atoms with van der Waals surface area (Å²) in [5.41, 5.74) is 1.17. The molecule has 1 aromatic heterocycles. The Morgan fingerprint density at radius 2 is 2.24 bits per heavy atom. The van der Waals surface area contributed by atoms with Crippen molar-refractivity contribution in [3.05, 3.63) is 54.1 Å². The summed E-state index contributed by atoms with van der Waals surface area (Å²) in [6.45, 7) is 0. The summed E-state index contributed by atoms with van der Waals surface area (Å²) in [7, 11) is 0. The van der Waals surface area contributed by atoms with Crippen LogP contribution in [0.4, 0.5) is 0 Å². The van der Waals surface area contributed by atoms with Crippen molar-refractivity contribution in [2.24, 2.45) is 0 Å². The Hall–Kier alpha value is -1.88. The molecule has 1 heterocycles. The van der Waals surface area contributed by atoms with Crippen molar-refractivity contribution >= 4 is 17.7 Å². The second-order valence-electron chi connectivity index (χ2n) is 3.32. The van der Waals surface area contributed by atoms with Gasteiger partial charge in [0.2, 0.25) is 0 Å². The SMILES string of the molecule is O=C(O)c1cccc(SCc2cnccn2)c1. The first-order valence-electron chi connectivity index (χ1n) is 4.97. The molecule has 0 unspecified atom stereocenters. The molecule has 0 atom stereocenters. The standard InChI is InChI=1S/C12H10N2O2S/c15-12(16)9-2-1-3-11(6-9)17-8-10-7-13-4-5-14-10/h1-7H,8H2,(H,15,16). The van der Waals surface area contributed by atoms with Gasteiger partial charge >= 0.3 is 5.97 Å². The van der Waals surface area contributed by atoms with Crippen molar-refractivity contribution in [2.45, 2.75) is 10.6 Å². The summed E-state index contributed by atoms with van der Waals surface area (Å²) < 4.78 is 0. The van der Waals surface area contributed by atoms with Crippen LogP contribution in [-0.2, 0) is 5.75 Å². The molecule has 5 heteroatoms. The third-order valence-corrected chi connectivity index (χ3v) is 3.11. The van der Waals surface area contributed by atoms with Gasteiger partial charge in [-0.25, -0.2) is 4.79 Å². The van der Waals surface area contributed by atoms with Gasteiger partial charge in [0, 0.05) is 29.2 Å². The van der Waals surface area contributed by atoms with Crippen LogP contribution in [0.3, 0.4) is 0 Å². The number of aromatic nitrogens is 2. The Morgan fingerprint density at radius 1 is 1.35 bits per heavy atom. The lowest BCUT2D eigenvalue weighted by molar-refractivity contribution is 0.0696. The number of hydrogen-bond donors (Lipinski definition) is 1. The fraction of sp³-hybridized carbons (Fsp3) is 0.0833. The summed E-state index contributed by atoms with van der Waals surface area (Å²) >= 11 is 1.54. The van der Waals surface area contributed by atoms with E-state index in [0.29, 0.717) is 11.3 Å². The van der Waals surface area contributed by atoms with Gasteiger partial charge in [-0.2, -0.15) is 0 Å². The van der Waals surface area contributed by atoms with Gasteiger partial charge in [-0.3, -0.25) is 9.97 Å². The molecule has 0 fully saturated rings. The van der Waals surface area contributed by atoms with E-state index in [9.17, 15) is 4.79 Å². The molecule has 1 N–H and O–H groups in total. The van der Waals surface area contributed by atoms with Crippen molar-refractivity contribution in [3.8, 4) is 0 Å². The molecular formula is C12H10N2O2S. The summed E-state index contributed by atoms with van der Waals surface area (Å²) in [5.74, 6) is -0.233. The lowest BCUT2D eigenvalue weighted by Gasteiger charge is -2.02. The Balaban J connectivity index is 2.04. The zero-order chi connectivity index (χ0) is 12.1. The number of carboxylic acids is 1. The van der Waals surface area contributed by atoms with Gasteiger partial charge in [0.15, 0.2) is 0 Å². The predicted octanol–water partition coefficient (Wildman–Crippen LogP) is 2.47. The normalized spacial score (nSPS) is 10.1. The maximum atomic E-state index is 10.8. The van der Waals surface area contributed by atoms with E-state index in [1.165, 1.54) is 11.8 Å². The van der Waals surface area contributed by atoms with E-state index in [-0.39, 0.29) is 0 Å². The Morgan fingerprint density at radius 3 is 2.94 bits per heavy atom. The molecule has 86 valence electrons. The molecular weight excluding hydrogens is 236 g/mol. The highest BCUT2D eigenvalue weighted by atomic mass is 32.2. The minimum Gasteiger partial charge on any atom is -0.478 e. The molecule has 0 aliphatic carbocycles. The van der Waals surface area contributed by atoms with Crippen molar-refractivity contribution in [2.75, 3.05) is 0 Å². The molecule has 0 saturated heterocycles. The van der Waals surface area contributed by atoms with E-state index >= 15 is 0 Å². The molecule has 17 heavy (non-hydrogen) atoms. The molecule has 0 bridgehead atoms. The molecule has 2 rings (SSSR count). The van der Waals surface area contributed by atoms with E-state index in [2.05, 4.69) is 9.97 Å². The minimum atomic E-state index is -0.910. The predicted molar refractivity (Wildman–Crippen MR) is 65.0 cm³/mol. The number of nitrogens with zero attached hydrogens (tertiary/aromatic N) is 2. The van der Waals surface area contributed by atoms with Gasteiger partial charge in [0.05, 0.1) is 11.3 Å². The average Bonchev–Trinajstić information content (AvgIpc) is 2.38. The molecule has 2 aromatic rings. The maximum absolute atomic E-state index is 10.8. The van der Waals surface area contributed by atoms with E-state index in [4.69, 9.17) is 5.11 Å². The number of thioether (sulfide) groups is 1. The lowest BCUT2D eigenvalue weighted by Crippen LogP contribution is -1.95. The summed E-state index contributed by atoms with van der Waals surface area (Å²) in [6, 6.07) is 6.86. The number of hydrogen-bond acceptors (Lipinski definition) is 4. The smallest absolute Gasteiger partial charge is 0.335 e. The fourth-order valence-electron chi connectivity index (χ4n) is 1.28. The van der Waals surface area contributed by atoms with Crippen molar-refractivity contribution in [1.29, 1.82) is 0 Å². The van der Waals surface area contributed by atoms with Gasteiger partial charge in [-0.1, -0.05) is 6.07 Å². The van der Waals surface area contributed by atoms with E-state index in [1.54, 1.807) is 36.8 Å². The van der Waals surface area contributed by atoms with Crippen LogP contribution < -0.4 is 0 Å². The molecule has 0 radical (unpaired) electrons. The number of rotatable bonds is 4. The van der Waals surface area contributed by atoms with Crippen LogP contribution in [0.2, 0.25) is 0 Å². The second kappa shape index (κ2) is 5.45. The number of carbonyl (C=O) groups is 1. The number of aromatic carboxylic acids is 1. The molecule has 0 aliphatic heterocycles. The maximum Gasteiger partial charge on any atom is 0.335 e. The lowest BCUT2D eigenvalue weighted by atomic mass is 10.2. The van der Waals surface area contributed by atoms with Crippen molar-refractivity contribution < 1.29 is 9.90 Å². The third kappa shape index (κ3) is 3.29. The van der Waals surface area contributed by atoms with E-state index in [1.807, 2.05) is 6.07 Å². The summed E-state index contributed by atoms with van der Waals surface area (Å²) in [5, 5.41) is 8.86. The van der Waals surface area contributed by atoms with Crippen LogP contribution in [0.15, 0.2) is 47.8 Å². The largest absolute Gasteiger partial charge is 0.478 e. The van der Waals surface area contributed by atoms with E-state index in [0.717, 1.165) is 10.6 Å². The molecule has 0 saturated carbocycles. The van der Waals surface area contributed by atoms with E-state index < -0.39 is 5.97 Å². The molecule has 0 aliphatic rings. The highest BCUT2D eigenvalue weighted by Crippen LogP contribution is 2.22. The Labute approximate surface area is 103 Å². The Bertz CT molecular complexity index is 517. The van der Waals surface area contributed by atoms with Gasteiger partial charge in [0.25, 0.3) is 0 Å². The van der Waals surface area contributed by atoms with Gasteiger partial charge < -0.3 is 5.11 Å². The fourth-order valence-corrected chi connectivity index (χ4v) is 2.13. The average molecular weight is 246 g/mol. The first-order valence-corrected chi connectivity index (χ1v) is 5.95. The van der Waals surface area contributed by atoms with Crippen LogP contribution in [0.1, 0.15) is 16.1 Å². The summed E-state index contributed by atoms with van der Waals surface area (Å²) in [4.78, 5) is 19.8. The Kier molecular flexibility index (Phi) is 3.72.